The zero-order chi connectivity index (χ0) is 11.1. The van der Waals surface area contributed by atoms with Crippen molar-refractivity contribution in [1.29, 1.82) is 0 Å². The molecule has 5 nitrogen and oxygen atoms in total. The first kappa shape index (κ1) is 10.5. The second-order valence-corrected chi connectivity index (χ2v) is 5.69. The average Bonchev–Trinajstić information content (AvgIpc) is 2.92. The molecular weight excluding hydrogens is 319 g/mol. The smallest absolute Gasteiger partial charge is 0.332 e. The van der Waals surface area contributed by atoms with E-state index in [1.807, 2.05) is 0 Å². The van der Waals surface area contributed by atoms with Crippen LogP contribution >= 0.6 is 22.6 Å². The fourth-order valence-electron chi connectivity index (χ4n) is 2.62. The molecule has 1 amide bonds. The summed E-state index contributed by atoms with van der Waals surface area (Å²) in [4.78, 5) is 11.8. The van der Waals surface area contributed by atoms with Crippen molar-refractivity contribution in [2.24, 2.45) is 0 Å². The van der Waals surface area contributed by atoms with Crippen molar-refractivity contribution in [1.82, 2.24) is 20.4 Å². The van der Waals surface area contributed by atoms with Crippen LogP contribution in [-0.4, -0.2) is 33.9 Å². The van der Waals surface area contributed by atoms with E-state index in [4.69, 9.17) is 0 Å². The van der Waals surface area contributed by atoms with Crippen molar-refractivity contribution in [3.63, 3.8) is 0 Å². The summed E-state index contributed by atoms with van der Waals surface area (Å²) >= 11 is 2.14. The minimum absolute atomic E-state index is 0.123. The number of halogens is 1. The maximum Gasteiger partial charge on any atom is 0.342 e. The summed E-state index contributed by atoms with van der Waals surface area (Å²) in [7, 11) is 0. The number of amides is 1. The van der Waals surface area contributed by atoms with Crippen molar-refractivity contribution >= 4 is 28.6 Å². The molecule has 3 heterocycles. The van der Waals surface area contributed by atoms with Crippen LogP contribution in [0.5, 0.6) is 0 Å². The molecule has 2 fully saturated rings. The zero-order valence-electron chi connectivity index (χ0n) is 8.69. The van der Waals surface area contributed by atoms with Gasteiger partial charge in [0, 0.05) is 24.3 Å². The molecule has 2 saturated heterocycles. The average molecular weight is 332 g/mol. The van der Waals surface area contributed by atoms with E-state index in [-0.39, 0.29) is 12.1 Å². The molecule has 3 unspecified atom stereocenters. The number of hydrogen-bond acceptors (Lipinski definition) is 3. The fraction of sp³-hybridized carbons (Fsp3) is 0.600. The highest BCUT2D eigenvalue weighted by Gasteiger charge is 2.39. The molecule has 6 heteroatoms. The van der Waals surface area contributed by atoms with Gasteiger partial charge in [0.1, 0.15) is 0 Å². The van der Waals surface area contributed by atoms with Crippen LogP contribution in [-0.2, 0) is 0 Å². The Bertz CT molecular complexity index is 419. The van der Waals surface area contributed by atoms with Gasteiger partial charge in [-0.3, -0.25) is 0 Å². The largest absolute Gasteiger partial charge is 0.342 e. The van der Waals surface area contributed by atoms with E-state index in [1.54, 1.807) is 12.4 Å². The monoisotopic (exact) mass is 332 g/mol. The Balaban J connectivity index is 1.65. The molecule has 3 atom stereocenters. The summed E-state index contributed by atoms with van der Waals surface area (Å²) in [5.41, 5.74) is 0. The van der Waals surface area contributed by atoms with Crippen molar-refractivity contribution < 1.29 is 4.79 Å². The first-order chi connectivity index (χ1) is 7.72. The van der Waals surface area contributed by atoms with Crippen molar-refractivity contribution in [3.8, 4) is 0 Å². The summed E-state index contributed by atoms with van der Waals surface area (Å²) in [5.74, 6) is 0. The zero-order valence-corrected chi connectivity index (χ0v) is 10.8. The van der Waals surface area contributed by atoms with Gasteiger partial charge in [0.25, 0.3) is 0 Å². The topological polar surface area (TPSA) is 59.0 Å². The second kappa shape index (κ2) is 3.99. The molecule has 0 aliphatic carbocycles. The van der Waals surface area contributed by atoms with Crippen LogP contribution in [0.2, 0.25) is 0 Å². The van der Waals surface area contributed by atoms with E-state index in [0.29, 0.717) is 12.1 Å². The summed E-state index contributed by atoms with van der Waals surface area (Å²) in [6, 6.07) is 1.21. The van der Waals surface area contributed by atoms with Crippen LogP contribution < -0.4 is 10.6 Å². The van der Waals surface area contributed by atoms with E-state index in [1.165, 1.54) is 17.5 Å². The highest BCUT2D eigenvalue weighted by molar-refractivity contribution is 14.1. The third kappa shape index (κ3) is 1.84. The molecule has 2 aliphatic heterocycles. The van der Waals surface area contributed by atoms with Gasteiger partial charge in [0.05, 0.1) is 9.77 Å². The number of aromatic nitrogens is 2. The maximum atomic E-state index is 11.8. The molecule has 0 saturated carbocycles. The van der Waals surface area contributed by atoms with Gasteiger partial charge in [-0.25, -0.2) is 4.79 Å². The number of rotatable bonds is 1. The molecular formula is C10H13IN4O. The van der Waals surface area contributed by atoms with Gasteiger partial charge in [-0.15, -0.1) is 0 Å². The first-order valence-electron chi connectivity index (χ1n) is 5.49. The lowest BCUT2D eigenvalue weighted by Gasteiger charge is -2.20. The molecule has 2 N–H and O–H groups in total. The van der Waals surface area contributed by atoms with Crippen LogP contribution in [0.25, 0.3) is 0 Å². The summed E-state index contributed by atoms with van der Waals surface area (Å²) in [6.45, 7) is 0. The highest BCUT2D eigenvalue weighted by Crippen LogP contribution is 2.28. The standard InChI is InChI=1S/C10H13IN4O/c11-6-4-12-15(5-6)10(16)14-9-3-7-1-2-8(9)13-7/h4-5,7-9,13H,1-3H2,(H,14,16). The molecule has 16 heavy (non-hydrogen) atoms. The minimum Gasteiger partial charge on any atom is -0.332 e. The number of carbonyl (C=O) groups excluding carboxylic acids is 1. The molecule has 0 aromatic carbocycles. The van der Waals surface area contributed by atoms with Crippen LogP contribution in [0.15, 0.2) is 12.4 Å². The lowest BCUT2D eigenvalue weighted by molar-refractivity contribution is 0.233. The molecule has 86 valence electrons. The Hall–Kier alpha value is -0.630. The van der Waals surface area contributed by atoms with Gasteiger partial charge < -0.3 is 10.6 Å². The van der Waals surface area contributed by atoms with E-state index in [9.17, 15) is 4.79 Å². The molecule has 1 aromatic heterocycles. The van der Waals surface area contributed by atoms with E-state index in [2.05, 4.69) is 38.3 Å². The van der Waals surface area contributed by atoms with Gasteiger partial charge in [-0.1, -0.05) is 0 Å². The van der Waals surface area contributed by atoms with Crippen molar-refractivity contribution in [2.75, 3.05) is 0 Å². The van der Waals surface area contributed by atoms with Crippen LogP contribution in [0.3, 0.4) is 0 Å². The number of nitrogens with one attached hydrogen (secondary N) is 2. The van der Waals surface area contributed by atoms with Gasteiger partial charge in [0.15, 0.2) is 0 Å². The van der Waals surface area contributed by atoms with Gasteiger partial charge in [0.2, 0.25) is 0 Å². The summed E-state index contributed by atoms with van der Waals surface area (Å²) < 4.78 is 2.34. The normalized spacial score (nSPS) is 31.9. The minimum atomic E-state index is -0.123. The fourth-order valence-corrected chi connectivity index (χ4v) is 3.01. The molecule has 0 radical (unpaired) electrons. The maximum absolute atomic E-state index is 11.8. The molecule has 0 spiro atoms. The van der Waals surface area contributed by atoms with Gasteiger partial charge in [-0.2, -0.15) is 9.78 Å². The Kier molecular flexibility index (Phi) is 2.62. The first-order valence-corrected chi connectivity index (χ1v) is 6.57. The lowest BCUT2D eigenvalue weighted by atomic mass is 9.96. The Morgan fingerprint density at radius 3 is 3.06 bits per heavy atom. The Labute approximate surface area is 107 Å². The predicted octanol–water partition coefficient (Wildman–Crippen LogP) is 0.938. The quantitative estimate of drug-likeness (QED) is 0.753. The molecule has 2 bridgehead atoms. The lowest BCUT2D eigenvalue weighted by Crippen LogP contribution is -2.44. The molecule has 2 aliphatic rings. The van der Waals surface area contributed by atoms with Crippen LogP contribution in [0.1, 0.15) is 19.3 Å². The Morgan fingerprint density at radius 1 is 1.62 bits per heavy atom. The van der Waals surface area contributed by atoms with E-state index < -0.39 is 0 Å². The van der Waals surface area contributed by atoms with Crippen LogP contribution in [0, 0.1) is 3.57 Å². The number of carbonyl (C=O) groups is 1. The second-order valence-electron chi connectivity index (χ2n) is 4.44. The molecule has 3 rings (SSSR count). The van der Waals surface area contributed by atoms with Crippen molar-refractivity contribution in [2.45, 2.75) is 37.4 Å². The van der Waals surface area contributed by atoms with E-state index in [0.717, 1.165) is 9.99 Å². The number of hydrogen-bond donors (Lipinski definition) is 2. The number of fused-ring (bicyclic) bond motifs is 2. The number of nitrogens with zero attached hydrogens (tertiary/aromatic N) is 2. The Morgan fingerprint density at radius 2 is 2.50 bits per heavy atom. The SMILES string of the molecule is O=C(NC1CC2CCC1N2)n1cc(I)cn1. The van der Waals surface area contributed by atoms with Crippen molar-refractivity contribution in [3.05, 3.63) is 16.0 Å². The third-order valence-electron chi connectivity index (χ3n) is 3.37. The van der Waals surface area contributed by atoms with Gasteiger partial charge >= 0.3 is 6.03 Å². The van der Waals surface area contributed by atoms with Crippen LogP contribution in [0.4, 0.5) is 4.79 Å². The van der Waals surface area contributed by atoms with Gasteiger partial charge in [-0.05, 0) is 41.9 Å². The summed E-state index contributed by atoms with van der Waals surface area (Å²) in [5, 5.41) is 10.5. The predicted molar refractivity (Wildman–Crippen MR) is 67.2 cm³/mol. The summed E-state index contributed by atoms with van der Waals surface area (Å²) in [6.07, 6.45) is 6.88. The van der Waals surface area contributed by atoms with E-state index >= 15 is 0 Å². The third-order valence-corrected chi connectivity index (χ3v) is 3.93. The highest BCUT2D eigenvalue weighted by atomic mass is 127. The molecule has 1 aromatic rings.